The Balaban J connectivity index is 2.23. The molecule has 2 aromatic carbocycles. The minimum atomic E-state index is 0.0817. The summed E-state index contributed by atoms with van der Waals surface area (Å²) in [6.45, 7) is 0. The van der Waals surface area contributed by atoms with Crippen molar-refractivity contribution < 1.29 is 4.79 Å². The highest BCUT2D eigenvalue weighted by Gasteiger charge is 2.29. The number of aromatic nitrogens is 1. The second kappa shape index (κ2) is 3.65. The maximum absolute atomic E-state index is 12.7. The van der Waals surface area contributed by atoms with Crippen molar-refractivity contribution >= 4 is 33.1 Å². The van der Waals surface area contributed by atoms with Crippen LogP contribution in [-0.4, -0.2) is 17.2 Å². The van der Waals surface area contributed by atoms with Crippen LogP contribution in [0.5, 0.6) is 0 Å². The molecule has 0 unspecified atom stereocenters. The SMILES string of the molecule is CNc1ccc2snc3c2c1C(=O)c1ccccc1-3. The number of ketones is 1. The first-order valence-electron chi connectivity index (χ1n) is 6.05. The quantitative estimate of drug-likeness (QED) is 0.573. The molecule has 3 nitrogen and oxygen atoms in total. The highest BCUT2D eigenvalue weighted by atomic mass is 32.1. The Morgan fingerprint density at radius 1 is 1.11 bits per heavy atom. The van der Waals surface area contributed by atoms with Crippen molar-refractivity contribution in [3.8, 4) is 11.3 Å². The Bertz CT molecular complexity index is 835. The van der Waals surface area contributed by atoms with Crippen LogP contribution in [0.15, 0.2) is 36.4 Å². The lowest BCUT2D eigenvalue weighted by molar-refractivity contribution is 0.104. The molecular weight excluding hydrogens is 256 g/mol. The van der Waals surface area contributed by atoms with Crippen molar-refractivity contribution in [2.24, 2.45) is 0 Å². The van der Waals surface area contributed by atoms with Crippen molar-refractivity contribution in [2.45, 2.75) is 0 Å². The zero-order valence-electron chi connectivity index (χ0n) is 10.2. The van der Waals surface area contributed by atoms with E-state index >= 15 is 0 Å². The minimum absolute atomic E-state index is 0.0817. The van der Waals surface area contributed by atoms with Gasteiger partial charge in [0, 0.05) is 29.2 Å². The first kappa shape index (κ1) is 10.7. The number of nitrogens with zero attached hydrogens (tertiary/aromatic N) is 1. The predicted octanol–water partition coefficient (Wildman–Crippen LogP) is 3.55. The van der Waals surface area contributed by atoms with Gasteiger partial charge in [-0.15, -0.1) is 0 Å². The molecule has 3 aromatic rings. The van der Waals surface area contributed by atoms with Gasteiger partial charge in [0.2, 0.25) is 0 Å². The van der Waals surface area contributed by atoms with Gasteiger partial charge < -0.3 is 5.32 Å². The van der Waals surface area contributed by atoms with E-state index < -0.39 is 0 Å². The summed E-state index contributed by atoms with van der Waals surface area (Å²) in [4.78, 5) is 12.7. The number of anilines is 1. The van der Waals surface area contributed by atoms with Crippen LogP contribution in [0.2, 0.25) is 0 Å². The van der Waals surface area contributed by atoms with Gasteiger partial charge in [0.05, 0.1) is 16.0 Å². The lowest BCUT2D eigenvalue weighted by Gasteiger charge is -2.17. The maximum atomic E-state index is 12.7. The van der Waals surface area contributed by atoms with Crippen LogP contribution < -0.4 is 5.32 Å². The Hall–Kier alpha value is -2.20. The van der Waals surface area contributed by atoms with E-state index in [0.717, 1.165) is 38.2 Å². The van der Waals surface area contributed by atoms with Gasteiger partial charge in [0.15, 0.2) is 5.78 Å². The summed E-state index contributed by atoms with van der Waals surface area (Å²) in [7, 11) is 1.84. The summed E-state index contributed by atoms with van der Waals surface area (Å²) in [5.74, 6) is 0.0817. The molecule has 0 amide bonds. The van der Waals surface area contributed by atoms with E-state index in [1.54, 1.807) is 0 Å². The molecule has 0 saturated carbocycles. The molecule has 0 aliphatic heterocycles. The Kier molecular flexibility index (Phi) is 2.05. The standard InChI is InChI=1S/C15H10N2OS/c1-16-10-6-7-11-13-12(10)15(18)9-5-3-2-4-8(9)14(13)17-19-11/h2-7,16H,1H3. The van der Waals surface area contributed by atoms with Crippen LogP contribution in [-0.2, 0) is 0 Å². The molecule has 0 bridgehead atoms. The third-order valence-corrected chi connectivity index (χ3v) is 4.37. The number of rotatable bonds is 1. The zero-order valence-corrected chi connectivity index (χ0v) is 11.0. The fourth-order valence-corrected chi connectivity index (χ4v) is 3.48. The number of benzene rings is 2. The van der Waals surface area contributed by atoms with Gasteiger partial charge in [0.25, 0.3) is 0 Å². The van der Waals surface area contributed by atoms with Crippen molar-refractivity contribution in [3.63, 3.8) is 0 Å². The van der Waals surface area contributed by atoms with Crippen LogP contribution in [0, 0.1) is 0 Å². The van der Waals surface area contributed by atoms with E-state index in [1.165, 1.54) is 11.5 Å². The molecule has 0 atom stereocenters. The number of hydrogen-bond donors (Lipinski definition) is 1. The molecule has 4 heteroatoms. The third kappa shape index (κ3) is 1.26. The van der Waals surface area contributed by atoms with Gasteiger partial charge in [0.1, 0.15) is 0 Å². The Labute approximate surface area is 114 Å². The fraction of sp³-hybridized carbons (Fsp3) is 0.0667. The van der Waals surface area contributed by atoms with E-state index in [2.05, 4.69) is 9.69 Å². The third-order valence-electron chi connectivity index (χ3n) is 3.56. The molecule has 0 fully saturated rings. The topological polar surface area (TPSA) is 42.0 Å². The summed E-state index contributed by atoms with van der Waals surface area (Å²) < 4.78 is 5.60. The monoisotopic (exact) mass is 266 g/mol. The van der Waals surface area contributed by atoms with Crippen molar-refractivity contribution in [1.82, 2.24) is 4.37 Å². The van der Waals surface area contributed by atoms with Gasteiger partial charge >= 0.3 is 0 Å². The summed E-state index contributed by atoms with van der Waals surface area (Å²) >= 11 is 1.45. The number of carbonyl (C=O) groups excluding carboxylic acids is 1. The fourth-order valence-electron chi connectivity index (χ4n) is 2.69. The van der Waals surface area contributed by atoms with E-state index in [-0.39, 0.29) is 5.78 Å². The lowest BCUT2D eigenvalue weighted by atomic mass is 9.87. The minimum Gasteiger partial charge on any atom is -0.388 e. The van der Waals surface area contributed by atoms with Crippen LogP contribution >= 0.6 is 11.5 Å². The molecule has 1 heterocycles. The van der Waals surface area contributed by atoms with Crippen molar-refractivity contribution in [3.05, 3.63) is 47.5 Å². The van der Waals surface area contributed by atoms with E-state index in [9.17, 15) is 4.79 Å². The zero-order chi connectivity index (χ0) is 13.0. The van der Waals surface area contributed by atoms with Gasteiger partial charge in [-0.1, -0.05) is 24.3 Å². The Morgan fingerprint density at radius 3 is 2.68 bits per heavy atom. The number of carbonyl (C=O) groups is 1. The van der Waals surface area contributed by atoms with E-state index in [0.29, 0.717) is 0 Å². The molecule has 19 heavy (non-hydrogen) atoms. The summed E-state index contributed by atoms with van der Waals surface area (Å²) in [6, 6.07) is 11.7. The van der Waals surface area contributed by atoms with Crippen molar-refractivity contribution in [1.29, 1.82) is 0 Å². The summed E-state index contributed by atoms with van der Waals surface area (Å²) in [5.41, 5.74) is 4.24. The largest absolute Gasteiger partial charge is 0.388 e. The average Bonchev–Trinajstić information content (AvgIpc) is 2.89. The van der Waals surface area contributed by atoms with Gasteiger partial charge in [-0.3, -0.25) is 4.79 Å². The van der Waals surface area contributed by atoms with Crippen LogP contribution in [0.3, 0.4) is 0 Å². The Morgan fingerprint density at radius 2 is 1.89 bits per heavy atom. The molecule has 1 aromatic heterocycles. The van der Waals surface area contributed by atoms with Gasteiger partial charge in [-0.2, -0.15) is 4.37 Å². The second-order valence-corrected chi connectivity index (χ2v) is 5.32. The van der Waals surface area contributed by atoms with Crippen LogP contribution in [0.25, 0.3) is 21.3 Å². The van der Waals surface area contributed by atoms with Crippen LogP contribution in [0.1, 0.15) is 15.9 Å². The van der Waals surface area contributed by atoms with Crippen molar-refractivity contribution in [2.75, 3.05) is 12.4 Å². The smallest absolute Gasteiger partial charge is 0.196 e. The number of hydrogen-bond acceptors (Lipinski definition) is 4. The first-order chi connectivity index (χ1) is 9.31. The normalized spacial score (nSPS) is 12.6. The highest BCUT2D eigenvalue weighted by Crippen LogP contribution is 2.42. The molecular formula is C15H10N2OS. The molecule has 1 aliphatic carbocycles. The molecule has 0 spiro atoms. The molecule has 0 radical (unpaired) electrons. The molecule has 92 valence electrons. The van der Waals surface area contributed by atoms with E-state index in [1.807, 2.05) is 43.4 Å². The van der Waals surface area contributed by atoms with Crippen LogP contribution in [0.4, 0.5) is 5.69 Å². The first-order valence-corrected chi connectivity index (χ1v) is 6.83. The molecule has 1 aliphatic rings. The van der Waals surface area contributed by atoms with Gasteiger partial charge in [-0.25, -0.2) is 0 Å². The number of fused-ring (bicyclic) bond motifs is 2. The lowest BCUT2D eigenvalue weighted by Crippen LogP contribution is -2.11. The summed E-state index contributed by atoms with van der Waals surface area (Å²) in [6.07, 6.45) is 0. The number of nitrogens with one attached hydrogen (secondary N) is 1. The molecule has 4 rings (SSSR count). The second-order valence-electron chi connectivity index (χ2n) is 4.52. The molecule has 1 N–H and O–H groups in total. The predicted molar refractivity (Wildman–Crippen MR) is 78.0 cm³/mol. The van der Waals surface area contributed by atoms with E-state index in [4.69, 9.17) is 0 Å². The van der Waals surface area contributed by atoms with Gasteiger partial charge in [-0.05, 0) is 23.7 Å². The summed E-state index contributed by atoms with van der Waals surface area (Å²) in [5, 5.41) is 4.09. The highest BCUT2D eigenvalue weighted by molar-refractivity contribution is 7.13. The molecule has 0 saturated heterocycles. The maximum Gasteiger partial charge on any atom is 0.196 e. The average molecular weight is 266 g/mol.